The SMILES string of the molecule is CCNC(CC(CC)CC)C(C)(C)N(C)C. The van der Waals surface area contributed by atoms with Gasteiger partial charge >= 0.3 is 0 Å². The summed E-state index contributed by atoms with van der Waals surface area (Å²) < 4.78 is 0. The number of hydrogen-bond acceptors (Lipinski definition) is 2. The van der Waals surface area contributed by atoms with Crippen LogP contribution in [0.15, 0.2) is 0 Å². The Hall–Kier alpha value is -0.0800. The minimum atomic E-state index is 0.221. The summed E-state index contributed by atoms with van der Waals surface area (Å²) in [5.41, 5.74) is 0.221. The largest absolute Gasteiger partial charge is 0.312 e. The van der Waals surface area contributed by atoms with Gasteiger partial charge in [-0.05, 0) is 46.8 Å². The van der Waals surface area contributed by atoms with E-state index >= 15 is 0 Å². The first-order chi connectivity index (χ1) is 7.39. The van der Waals surface area contributed by atoms with Crippen LogP contribution in [0.5, 0.6) is 0 Å². The summed E-state index contributed by atoms with van der Waals surface area (Å²) >= 11 is 0. The normalized spacial score (nSPS) is 14.8. The fraction of sp³-hybridized carbons (Fsp3) is 1.00. The van der Waals surface area contributed by atoms with Gasteiger partial charge in [-0.15, -0.1) is 0 Å². The lowest BCUT2D eigenvalue weighted by molar-refractivity contribution is 0.121. The van der Waals surface area contributed by atoms with E-state index in [2.05, 4.69) is 58.9 Å². The molecule has 98 valence electrons. The van der Waals surface area contributed by atoms with Crippen molar-refractivity contribution in [1.82, 2.24) is 10.2 Å². The Balaban J connectivity index is 4.59. The lowest BCUT2D eigenvalue weighted by Gasteiger charge is -2.42. The molecule has 0 heterocycles. The van der Waals surface area contributed by atoms with E-state index in [0.717, 1.165) is 12.5 Å². The van der Waals surface area contributed by atoms with Gasteiger partial charge in [0.05, 0.1) is 0 Å². The molecule has 0 aromatic heterocycles. The van der Waals surface area contributed by atoms with Crippen molar-refractivity contribution in [1.29, 1.82) is 0 Å². The van der Waals surface area contributed by atoms with Gasteiger partial charge in [0.15, 0.2) is 0 Å². The molecule has 1 N–H and O–H groups in total. The van der Waals surface area contributed by atoms with Crippen LogP contribution in [0.2, 0.25) is 0 Å². The first-order valence-electron chi connectivity index (χ1n) is 6.80. The molecule has 0 aromatic rings. The van der Waals surface area contributed by atoms with Crippen molar-refractivity contribution < 1.29 is 0 Å². The first-order valence-corrected chi connectivity index (χ1v) is 6.80. The van der Waals surface area contributed by atoms with Crippen molar-refractivity contribution in [2.75, 3.05) is 20.6 Å². The first kappa shape index (κ1) is 15.9. The number of rotatable bonds is 8. The molecule has 0 fully saturated rings. The van der Waals surface area contributed by atoms with Crippen molar-refractivity contribution in [3.8, 4) is 0 Å². The van der Waals surface area contributed by atoms with Crippen LogP contribution in [0, 0.1) is 5.92 Å². The Labute approximate surface area is 103 Å². The van der Waals surface area contributed by atoms with E-state index in [-0.39, 0.29) is 5.54 Å². The van der Waals surface area contributed by atoms with Gasteiger partial charge in [0.25, 0.3) is 0 Å². The Morgan fingerprint density at radius 2 is 1.56 bits per heavy atom. The highest BCUT2D eigenvalue weighted by Crippen LogP contribution is 2.24. The molecule has 0 radical (unpaired) electrons. The molecule has 2 nitrogen and oxygen atoms in total. The van der Waals surface area contributed by atoms with Crippen LogP contribution in [0.4, 0.5) is 0 Å². The van der Waals surface area contributed by atoms with Crippen LogP contribution in [-0.2, 0) is 0 Å². The lowest BCUT2D eigenvalue weighted by Crippen LogP contribution is -2.55. The quantitative estimate of drug-likeness (QED) is 0.686. The Morgan fingerprint density at radius 3 is 1.88 bits per heavy atom. The average Bonchev–Trinajstić information content (AvgIpc) is 2.23. The zero-order chi connectivity index (χ0) is 12.8. The zero-order valence-corrected chi connectivity index (χ0v) is 12.4. The van der Waals surface area contributed by atoms with Gasteiger partial charge in [-0.1, -0.05) is 33.6 Å². The van der Waals surface area contributed by atoms with Gasteiger partial charge in [0.2, 0.25) is 0 Å². The Morgan fingerprint density at radius 1 is 1.06 bits per heavy atom. The molecular formula is C14H32N2. The average molecular weight is 228 g/mol. The smallest absolute Gasteiger partial charge is 0.0300 e. The molecule has 2 heteroatoms. The molecule has 0 aromatic carbocycles. The lowest BCUT2D eigenvalue weighted by atomic mass is 9.84. The van der Waals surface area contributed by atoms with E-state index in [0.29, 0.717) is 6.04 Å². The highest BCUT2D eigenvalue weighted by atomic mass is 15.2. The second kappa shape index (κ2) is 7.29. The standard InChI is InChI=1S/C14H32N2/c1-8-12(9-2)11-13(15-10-3)14(4,5)16(6)7/h12-13,15H,8-11H2,1-7H3. The predicted molar refractivity (Wildman–Crippen MR) is 73.9 cm³/mol. The van der Waals surface area contributed by atoms with Crippen LogP contribution in [0.25, 0.3) is 0 Å². The third-order valence-electron chi connectivity index (χ3n) is 4.18. The molecule has 1 unspecified atom stereocenters. The Bertz CT molecular complexity index is 172. The summed E-state index contributed by atoms with van der Waals surface area (Å²) in [6.07, 6.45) is 3.87. The van der Waals surface area contributed by atoms with Gasteiger partial charge in [0, 0.05) is 11.6 Å². The van der Waals surface area contributed by atoms with Crippen LogP contribution in [0.1, 0.15) is 53.9 Å². The van der Waals surface area contributed by atoms with E-state index < -0.39 is 0 Å². The summed E-state index contributed by atoms with van der Waals surface area (Å²) in [6.45, 7) is 12.5. The van der Waals surface area contributed by atoms with Crippen LogP contribution in [-0.4, -0.2) is 37.1 Å². The highest BCUT2D eigenvalue weighted by Gasteiger charge is 2.31. The molecule has 16 heavy (non-hydrogen) atoms. The number of likely N-dealkylation sites (N-methyl/N-ethyl adjacent to an activating group) is 2. The number of nitrogens with zero attached hydrogens (tertiary/aromatic N) is 1. The van der Waals surface area contributed by atoms with Gasteiger partial charge in [-0.25, -0.2) is 0 Å². The number of nitrogens with one attached hydrogen (secondary N) is 1. The Kier molecular flexibility index (Phi) is 7.25. The fourth-order valence-corrected chi connectivity index (χ4v) is 2.13. The molecule has 0 bridgehead atoms. The summed E-state index contributed by atoms with van der Waals surface area (Å²) in [6, 6.07) is 0.581. The van der Waals surface area contributed by atoms with Gasteiger partial charge < -0.3 is 10.2 Å². The molecule has 0 aliphatic heterocycles. The molecule has 1 atom stereocenters. The second-order valence-electron chi connectivity index (χ2n) is 5.58. The maximum Gasteiger partial charge on any atom is 0.0300 e. The van der Waals surface area contributed by atoms with Crippen LogP contribution >= 0.6 is 0 Å². The molecule has 0 rings (SSSR count). The van der Waals surface area contributed by atoms with Gasteiger partial charge in [0.1, 0.15) is 0 Å². The van der Waals surface area contributed by atoms with Crippen molar-refractivity contribution in [2.24, 2.45) is 5.92 Å². The van der Waals surface area contributed by atoms with Crippen molar-refractivity contribution in [2.45, 2.75) is 65.5 Å². The molecule has 0 spiro atoms. The van der Waals surface area contributed by atoms with E-state index in [1.807, 2.05) is 0 Å². The molecular weight excluding hydrogens is 196 g/mol. The van der Waals surface area contributed by atoms with Gasteiger partial charge in [-0.3, -0.25) is 0 Å². The topological polar surface area (TPSA) is 15.3 Å². The monoisotopic (exact) mass is 228 g/mol. The maximum absolute atomic E-state index is 3.66. The van der Waals surface area contributed by atoms with Gasteiger partial charge in [-0.2, -0.15) is 0 Å². The van der Waals surface area contributed by atoms with E-state index in [1.54, 1.807) is 0 Å². The highest BCUT2D eigenvalue weighted by molar-refractivity contribution is 4.92. The van der Waals surface area contributed by atoms with Crippen LogP contribution < -0.4 is 5.32 Å². The van der Waals surface area contributed by atoms with E-state index in [1.165, 1.54) is 19.3 Å². The molecule has 0 amide bonds. The summed E-state index contributed by atoms with van der Waals surface area (Å²) in [4.78, 5) is 2.34. The van der Waals surface area contributed by atoms with Crippen molar-refractivity contribution in [3.05, 3.63) is 0 Å². The maximum atomic E-state index is 3.66. The van der Waals surface area contributed by atoms with E-state index in [4.69, 9.17) is 0 Å². The third-order valence-corrected chi connectivity index (χ3v) is 4.18. The summed E-state index contributed by atoms with van der Waals surface area (Å²) in [5, 5.41) is 3.66. The molecule has 0 aliphatic carbocycles. The fourth-order valence-electron chi connectivity index (χ4n) is 2.13. The molecule has 0 saturated heterocycles. The summed E-state index contributed by atoms with van der Waals surface area (Å²) in [5.74, 6) is 0.850. The number of hydrogen-bond donors (Lipinski definition) is 1. The predicted octanol–water partition coefficient (Wildman–Crippen LogP) is 3.13. The van der Waals surface area contributed by atoms with Crippen molar-refractivity contribution >= 4 is 0 Å². The minimum absolute atomic E-state index is 0.221. The van der Waals surface area contributed by atoms with Crippen molar-refractivity contribution in [3.63, 3.8) is 0 Å². The molecule has 0 saturated carbocycles. The van der Waals surface area contributed by atoms with Crippen LogP contribution in [0.3, 0.4) is 0 Å². The van der Waals surface area contributed by atoms with E-state index in [9.17, 15) is 0 Å². The minimum Gasteiger partial charge on any atom is -0.312 e. The molecule has 0 aliphatic rings. The second-order valence-corrected chi connectivity index (χ2v) is 5.58. The summed E-state index contributed by atoms with van der Waals surface area (Å²) in [7, 11) is 4.36. The third kappa shape index (κ3) is 4.42. The zero-order valence-electron chi connectivity index (χ0n) is 12.4.